The molecule has 2 saturated heterocycles. The molecule has 6 nitrogen and oxygen atoms in total. The number of halogens is 12. The van der Waals surface area contributed by atoms with Crippen LogP contribution in [0.3, 0.4) is 0 Å². The number of alkyl halides is 12. The molecular weight excluding hydrogens is 708 g/mol. The second kappa shape index (κ2) is 14.0. The van der Waals surface area contributed by atoms with E-state index >= 15 is 0 Å². The normalized spacial score (nSPS) is 32.6. The molecule has 0 aromatic heterocycles. The molecule has 4 bridgehead atoms. The van der Waals surface area contributed by atoms with Crippen molar-refractivity contribution < 1.29 is 81.2 Å². The molecule has 50 heavy (non-hydrogen) atoms. The Labute approximate surface area is 281 Å². The van der Waals surface area contributed by atoms with Gasteiger partial charge in [0.2, 0.25) is 0 Å². The van der Waals surface area contributed by atoms with Gasteiger partial charge in [-0.2, -0.15) is 52.7 Å². The Balaban J connectivity index is 0.000000193. The maximum atomic E-state index is 12.8. The van der Waals surface area contributed by atoms with Gasteiger partial charge in [-0.1, -0.05) is 13.5 Å². The van der Waals surface area contributed by atoms with Gasteiger partial charge in [0.05, 0.1) is 31.8 Å². The highest BCUT2D eigenvalue weighted by molar-refractivity contribution is 5.86. The number of fused-ring (bicyclic) bond motifs is 10. The van der Waals surface area contributed by atoms with Gasteiger partial charge in [0.15, 0.2) is 0 Å². The molecule has 0 spiro atoms. The third-order valence-electron chi connectivity index (χ3n) is 11.1. The van der Waals surface area contributed by atoms with Crippen molar-refractivity contribution in [1.29, 1.82) is 0 Å². The predicted molar refractivity (Wildman–Crippen MR) is 151 cm³/mol. The molecule has 290 valence electrons. The number of carbonyl (C=O) groups is 2. The smallest absolute Gasteiger partial charge is 0.426 e. The van der Waals surface area contributed by atoms with Crippen molar-refractivity contribution in [1.82, 2.24) is 0 Å². The number of esters is 2. The lowest BCUT2D eigenvalue weighted by molar-refractivity contribution is -0.471. The average Bonchev–Trinajstić information content (AvgIpc) is 3.69. The zero-order chi connectivity index (χ0) is 38.6. The highest BCUT2D eigenvalue weighted by Crippen LogP contribution is 2.70. The molecule has 6 aliphatic rings. The zero-order valence-electron chi connectivity index (χ0n) is 28.3. The number of carbonyl (C=O) groups excluding carboxylic acids is 2. The Morgan fingerprint density at radius 1 is 0.660 bits per heavy atom. The molecule has 4 saturated carbocycles. The van der Waals surface area contributed by atoms with Gasteiger partial charge in [0.25, 0.3) is 11.2 Å². The van der Waals surface area contributed by atoms with Crippen LogP contribution in [0.2, 0.25) is 0 Å². The van der Waals surface area contributed by atoms with Gasteiger partial charge < -0.3 is 18.9 Å². The first-order chi connectivity index (χ1) is 22.6. The van der Waals surface area contributed by atoms with Crippen molar-refractivity contribution in [3.8, 4) is 0 Å². The van der Waals surface area contributed by atoms with Crippen LogP contribution in [0.1, 0.15) is 72.6 Å². The van der Waals surface area contributed by atoms with E-state index < -0.39 is 71.8 Å². The number of hydrogen-bond acceptors (Lipinski definition) is 6. The molecule has 6 fully saturated rings. The third-order valence-corrected chi connectivity index (χ3v) is 11.1. The van der Waals surface area contributed by atoms with E-state index in [9.17, 15) is 62.3 Å². The molecule has 0 aromatic rings. The van der Waals surface area contributed by atoms with Crippen LogP contribution in [-0.4, -0.2) is 74.3 Å². The number of rotatable bonds is 3. The second-order valence-corrected chi connectivity index (χ2v) is 14.3. The maximum Gasteiger partial charge on any atom is 0.426 e. The Morgan fingerprint density at radius 2 is 0.980 bits per heavy atom. The highest BCUT2D eigenvalue weighted by Gasteiger charge is 2.87. The summed E-state index contributed by atoms with van der Waals surface area (Å²) in [5.41, 5.74) is -7.67. The molecule has 4 aliphatic carbocycles. The fourth-order valence-electron chi connectivity index (χ4n) is 8.32. The van der Waals surface area contributed by atoms with Gasteiger partial charge in [0.1, 0.15) is 0 Å². The van der Waals surface area contributed by atoms with Crippen LogP contribution >= 0.6 is 0 Å². The minimum Gasteiger partial charge on any atom is -0.469 e. The van der Waals surface area contributed by atoms with Crippen molar-refractivity contribution in [2.24, 2.45) is 40.9 Å². The largest absolute Gasteiger partial charge is 0.469 e. The van der Waals surface area contributed by atoms with Crippen molar-refractivity contribution in [2.75, 3.05) is 14.2 Å². The molecule has 0 radical (unpaired) electrons. The molecule has 6 rings (SSSR count). The summed E-state index contributed by atoms with van der Waals surface area (Å²) in [7, 11) is 2.75. The van der Waals surface area contributed by atoms with Gasteiger partial charge in [-0.15, -0.1) is 0 Å². The molecule has 0 N–H and O–H groups in total. The fraction of sp³-hybridized carbons (Fsp3) is 0.875. The SMILES string of the molecule is C=C(C)C(=O)OC.CCC(C)(C)C(=O)OC.FC(F)(F)C1(C(F)(F)F)OC2C3CCC(C3)C21.FC(F)(F)C1(C(F)(F)F)OC2C3CCC(C3)C21. The third kappa shape index (κ3) is 6.96. The Hall–Kier alpha value is -2.24. The van der Waals surface area contributed by atoms with Crippen LogP contribution in [0.5, 0.6) is 0 Å². The predicted octanol–water partition coefficient (Wildman–Crippen LogP) is 8.92. The van der Waals surface area contributed by atoms with E-state index in [1.165, 1.54) is 14.2 Å². The molecule has 2 aliphatic heterocycles. The average molecular weight is 751 g/mol. The standard InChI is InChI=1S/2C10H10F6O.C7H14O2.C5H8O2/c2*11-9(12,13)8(10(14,15)16)6-4-1-2-5(3-4)7(6)17-8;1-5-7(2,3)6(8)9-4;1-4(2)5(6)7-3/h2*4-7H,1-3H2;5H2,1-4H3;1H2,2-3H3. The fourth-order valence-corrected chi connectivity index (χ4v) is 8.32. The van der Waals surface area contributed by atoms with E-state index in [-0.39, 0.29) is 29.2 Å². The van der Waals surface area contributed by atoms with Gasteiger partial charge in [-0.25, -0.2) is 4.79 Å². The lowest BCUT2D eigenvalue weighted by Gasteiger charge is -2.56. The topological polar surface area (TPSA) is 71.1 Å². The van der Waals surface area contributed by atoms with Crippen LogP contribution in [0.4, 0.5) is 52.7 Å². The lowest BCUT2D eigenvalue weighted by atomic mass is 9.68. The minimum absolute atomic E-state index is 0.108. The number of hydrogen-bond donors (Lipinski definition) is 0. The van der Waals surface area contributed by atoms with Gasteiger partial charge in [-0.3, -0.25) is 4.79 Å². The van der Waals surface area contributed by atoms with Crippen molar-refractivity contribution in [3.63, 3.8) is 0 Å². The number of methoxy groups -OCH3 is 2. The molecular formula is C32H42F12O6. The van der Waals surface area contributed by atoms with Crippen LogP contribution < -0.4 is 0 Å². The molecule has 2 heterocycles. The van der Waals surface area contributed by atoms with E-state index in [2.05, 4.69) is 25.5 Å². The summed E-state index contributed by atoms with van der Waals surface area (Å²) < 4.78 is 171. The van der Waals surface area contributed by atoms with Gasteiger partial charge >= 0.3 is 36.6 Å². The lowest BCUT2D eigenvalue weighted by Crippen LogP contribution is -2.75. The van der Waals surface area contributed by atoms with Crippen LogP contribution in [0.15, 0.2) is 12.2 Å². The van der Waals surface area contributed by atoms with Crippen LogP contribution in [0, 0.1) is 40.9 Å². The summed E-state index contributed by atoms with van der Waals surface area (Å²) in [6.45, 7) is 10.7. The summed E-state index contributed by atoms with van der Waals surface area (Å²) in [4.78, 5) is 21.0. The summed E-state index contributed by atoms with van der Waals surface area (Å²) in [5.74, 6) is -4.50. The summed E-state index contributed by atoms with van der Waals surface area (Å²) in [5, 5.41) is 0. The summed E-state index contributed by atoms with van der Waals surface area (Å²) in [6.07, 6.45) is -19.2. The monoisotopic (exact) mass is 750 g/mol. The zero-order valence-corrected chi connectivity index (χ0v) is 28.3. The van der Waals surface area contributed by atoms with Crippen molar-refractivity contribution in [2.45, 2.75) is 121 Å². The molecule has 0 aromatic carbocycles. The first kappa shape index (κ1) is 42.2. The van der Waals surface area contributed by atoms with E-state index in [1.54, 1.807) is 6.92 Å². The summed E-state index contributed by atoms with van der Waals surface area (Å²) >= 11 is 0. The quantitative estimate of drug-likeness (QED) is 0.163. The van der Waals surface area contributed by atoms with E-state index in [4.69, 9.17) is 0 Å². The summed E-state index contributed by atoms with van der Waals surface area (Å²) in [6, 6.07) is 0. The molecule has 0 amide bonds. The Bertz CT molecular complexity index is 1150. The van der Waals surface area contributed by atoms with Crippen LogP contribution in [0.25, 0.3) is 0 Å². The minimum atomic E-state index is -5.38. The van der Waals surface area contributed by atoms with Crippen LogP contribution in [-0.2, 0) is 28.5 Å². The molecule has 18 heteroatoms. The van der Waals surface area contributed by atoms with Gasteiger partial charge in [-0.05, 0) is 89.4 Å². The van der Waals surface area contributed by atoms with E-state index in [0.717, 1.165) is 6.42 Å². The Morgan fingerprint density at radius 3 is 1.16 bits per heavy atom. The number of ether oxygens (including phenoxy) is 4. The highest BCUT2D eigenvalue weighted by atomic mass is 19.4. The Kier molecular flexibility index (Phi) is 11.8. The van der Waals surface area contributed by atoms with Crippen molar-refractivity contribution >= 4 is 11.9 Å². The molecule has 8 unspecified atom stereocenters. The van der Waals surface area contributed by atoms with E-state index in [1.807, 2.05) is 20.8 Å². The second-order valence-electron chi connectivity index (χ2n) is 14.3. The van der Waals surface area contributed by atoms with Crippen molar-refractivity contribution in [3.05, 3.63) is 12.2 Å². The maximum absolute atomic E-state index is 12.8. The van der Waals surface area contributed by atoms with E-state index in [0.29, 0.717) is 44.1 Å². The first-order valence-electron chi connectivity index (χ1n) is 16.0. The van der Waals surface area contributed by atoms with Gasteiger partial charge in [0, 0.05) is 17.4 Å². The first-order valence-corrected chi connectivity index (χ1v) is 16.0. The molecule has 8 atom stereocenters.